The SMILES string of the molecule is CN(C)c1cccc2c(/C=N\O)ccc(N(C)C)c12. The van der Waals surface area contributed by atoms with E-state index in [2.05, 4.69) is 21.0 Å². The first-order valence-corrected chi connectivity index (χ1v) is 6.14. The zero-order chi connectivity index (χ0) is 14.0. The molecule has 0 spiro atoms. The lowest BCUT2D eigenvalue weighted by Gasteiger charge is -2.22. The number of nitrogens with zero attached hydrogens (tertiary/aromatic N) is 3. The molecule has 19 heavy (non-hydrogen) atoms. The summed E-state index contributed by atoms with van der Waals surface area (Å²) in [6.45, 7) is 0. The Morgan fingerprint density at radius 2 is 1.58 bits per heavy atom. The molecule has 0 aromatic heterocycles. The van der Waals surface area contributed by atoms with Crippen LogP contribution < -0.4 is 9.80 Å². The van der Waals surface area contributed by atoms with Crippen LogP contribution in [-0.4, -0.2) is 39.6 Å². The molecular formula is C15H19N3O. The number of rotatable bonds is 3. The van der Waals surface area contributed by atoms with E-state index < -0.39 is 0 Å². The molecule has 0 bridgehead atoms. The topological polar surface area (TPSA) is 39.1 Å². The number of fused-ring (bicyclic) bond motifs is 1. The maximum Gasteiger partial charge on any atom is 0.0740 e. The third-order valence-electron chi connectivity index (χ3n) is 3.19. The van der Waals surface area contributed by atoms with E-state index in [1.54, 1.807) is 0 Å². The Hall–Kier alpha value is -2.23. The van der Waals surface area contributed by atoms with Crippen molar-refractivity contribution in [2.45, 2.75) is 0 Å². The van der Waals surface area contributed by atoms with Gasteiger partial charge in [0.15, 0.2) is 0 Å². The summed E-state index contributed by atoms with van der Waals surface area (Å²) >= 11 is 0. The highest BCUT2D eigenvalue weighted by Gasteiger charge is 2.11. The maximum atomic E-state index is 8.78. The van der Waals surface area contributed by atoms with E-state index >= 15 is 0 Å². The lowest BCUT2D eigenvalue weighted by molar-refractivity contribution is 0.322. The molecule has 0 amide bonds. The van der Waals surface area contributed by atoms with Gasteiger partial charge in [0.1, 0.15) is 0 Å². The lowest BCUT2D eigenvalue weighted by atomic mass is 10.0. The van der Waals surface area contributed by atoms with Crippen molar-refractivity contribution in [3.8, 4) is 0 Å². The van der Waals surface area contributed by atoms with Gasteiger partial charge in [-0.2, -0.15) is 0 Å². The number of hydrogen-bond donors (Lipinski definition) is 1. The first kappa shape index (κ1) is 13.2. The summed E-state index contributed by atoms with van der Waals surface area (Å²) in [7, 11) is 8.12. The van der Waals surface area contributed by atoms with Gasteiger partial charge in [0.25, 0.3) is 0 Å². The number of oxime groups is 1. The van der Waals surface area contributed by atoms with Crippen LogP contribution in [0.15, 0.2) is 35.5 Å². The van der Waals surface area contributed by atoms with Crippen molar-refractivity contribution in [1.29, 1.82) is 0 Å². The van der Waals surface area contributed by atoms with Crippen molar-refractivity contribution in [1.82, 2.24) is 0 Å². The van der Waals surface area contributed by atoms with Gasteiger partial charge in [0, 0.05) is 50.5 Å². The Bertz CT molecular complexity index is 604. The van der Waals surface area contributed by atoms with Crippen molar-refractivity contribution < 1.29 is 5.21 Å². The highest BCUT2D eigenvalue weighted by atomic mass is 16.4. The molecule has 100 valence electrons. The summed E-state index contributed by atoms with van der Waals surface area (Å²) in [5.41, 5.74) is 3.20. The molecular weight excluding hydrogens is 238 g/mol. The maximum absolute atomic E-state index is 8.78. The van der Waals surface area contributed by atoms with Gasteiger partial charge >= 0.3 is 0 Å². The van der Waals surface area contributed by atoms with E-state index in [0.29, 0.717) is 0 Å². The van der Waals surface area contributed by atoms with Crippen LogP contribution in [0.4, 0.5) is 11.4 Å². The Morgan fingerprint density at radius 1 is 0.947 bits per heavy atom. The molecule has 2 aromatic rings. The van der Waals surface area contributed by atoms with Gasteiger partial charge in [-0.05, 0) is 17.5 Å². The van der Waals surface area contributed by atoms with E-state index in [0.717, 1.165) is 27.7 Å². The average molecular weight is 257 g/mol. The van der Waals surface area contributed by atoms with Crippen molar-refractivity contribution in [3.05, 3.63) is 35.9 Å². The molecule has 0 radical (unpaired) electrons. The normalized spacial score (nSPS) is 11.2. The molecule has 2 rings (SSSR count). The minimum Gasteiger partial charge on any atom is -0.411 e. The molecule has 0 atom stereocenters. The van der Waals surface area contributed by atoms with Crippen molar-refractivity contribution in [3.63, 3.8) is 0 Å². The van der Waals surface area contributed by atoms with Gasteiger partial charge in [-0.15, -0.1) is 0 Å². The summed E-state index contributed by atoms with van der Waals surface area (Å²) in [6.07, 6.45) is 1.47. The van der Waals surface area contributed by atoms with E-state index in [4.69, 9.17) is 5.21 Å². The third kappa shape index (κ3) is 2.34. The van der Waals surface area contributed by atoms with Crippen LogP contribution in [0.5, 0.6) is 0 Å². The van der Waals surface area contributed by atoms with Crippen LogP contribution in [-0.2, 0) is 0 Å². The Kier molecular flexibility index (Phi) is 3.60. The molecule has 0 heterocycles. The van der Waals surface area contributed by atoms with Gasteiger partial charge < -0.3 is 15.0 Å². The van der Waals surface area contributed by atoms with Crippen LogP contribution in [0.2, 0.25) is 0 Å². The molecule has 4 nitrogen and oxygen atoms in total. The summed E-state index contributed by atoms with van der Waals surface area (Å²) < 4.78 is 0. The summed E-state index contributed by atoms with van der Waals surface area (Å²) in [6, 6.07) is 10.2. The molecule has 1 N–H and O–H groups in total. The van der Waals surface area contributed by atoms with E-state index in [1.807, 2.05) is 52.5 Å². The smallest absolute Gasteiger partial charge is 0.0740 e. The molecule has 0 saturated heterocycles. The standard InChI is InChI=1S/C15H19N3O/c1-17(2)13-7-5-6-12-11(10-16-19)8-9-14(15(12)13)18(3)4/h5-10,19H,1-4H3/b16-10-. The average Bonchev–Trinajstić information content (AvgIpc) is 2.38. The number of anilines is 2. The van der Waals surface area contributed by atoms with Gasteiger partial charge in [-0.25, -0.2) is 0 Å². The molecule has 0 fully saturated rings. The monoisotopic (exact) mass is 257 g/mol. The summed E-state index contributed by atoms with van der Waals surface area (Å²) in [5, 5.41) is 14.2. The fraction of sp³-hybridized carbons (Fsp3) is 0.267. The molecule has 4 heteroatoms. The number of hydrogen-bond acceptors (Lipinski definition) is 4. The summed E-state index contributed by atoms with van der Waals surface area (Å²) in [5.74, 6) is 0. The van der Waals surface area contributed by atoms with E-state index in [1.165, 1.54) is 6.21 Å². The van der Waals surface area contributed by atoms with Gasteiger partial charge in [-0.3, -0.25) is 0 Å². The largest absolute Gasteiger partial charge is 0.411 e. The zero-order valence-electron chi connectivity index (χ0n) is 11.8. The second-order valence-electron chi connectivity index (χ2n) is 4.91. The number of benzene rings is 2. The zero-order valence-corrected chi connectivity index (χ0v) is 11.8. The second kappa shape index (κ2) is 5.18. The quantitative estimate of drug-likeness (QED) is 0.522. The Morgan fingerprint density at radius 3 is 2.16 bits per heavy atom. The fourth-order valence-corrected chi connectivity index (χ4v) is 2.31. The van der Waals surface area contributed by atoms with Crippen LogP contribution in [0, 0.1) is 0 Å². The molecule has 0 unspecified atom stereocenters. The second-order valence-corrected chi connectivity index (χ2v) is 4.91. The molecule has 0 aliphatic heterocycles. The first-order chi connectivity index (χ1) is 9.06. The van der Waals surface area contributed by atoms with Crippen LogP contribution in [0.3, 0.4) is 0 Å². The predicted molar refractivity (Wildman–Crippen MR) is 82.0 cm³/mol. The van der Waals surface area contributed by atoms with Crippen LogP contribution in [0.25, 0.3) is 10.8 Å². The van der Waals surface area contributed by atoms with E-state index in [9.17, 15) is 0 Å². The van der Waals surface area contributed by atoms with E-state index in [-0.39, 0.29) is 0 Å². The third-order valence-corrected chi connectivity index (χ3v) is 3.19. The highest BCUT2D eigenvalue weighted by molar-refractivity contribution is 6.10. The minimum atomic E-state index is 0.909. The summed E-state index contributed by atoms with van der Waals surface area (Å²) in [4.78, 5) is 4.18. The minimum absolute atomic E-state index is 0.909. The molecule has 0 aliphatic carbocycles. The van der Waals surface area contributed by atoms with Crippen LogP contribution >= 0.6 is 0 Å². The van der Waals surface area contributed by atoms with Gasteiger partial charge in [-0.1, -0.05) is 23.4 Å². The molecule has 0 aliphatic rings. The Labute approximate surface area is 113 Å². The van der Waals surface area contributed by atoms with Crippen LogP contribution in [0.1, 0.15) is 5.56 Å². The van der Waals surface area contributed by atoms with Gasteiger partial charge in [0.05, 0.1) is 6.21 Å². The lowest BCUT2D eigenvalue weighted by Crippen LogP contribution is -2.13. The van der Waals surface area contributed by atoms with Crippen molar-refractivity contribution >= 4 is 28.4 Å². The van der Waals surface area contributed by atoms with Crippen molar-refractivity contribution in [2.75, 3.05) is 38.0 Å². The first-order valence-electron chi connectivity index (χ1n) is 6.14. The fourth-order valence-electron chi connectivity index (χ4n) is 2.31. The van der Waals surface area contributed by atoms with Gasteiger partial charge in [0.2, 0.25) is 0 Å². The predicted octanol–water partition coefficient (Wildman–Crippen LogP) is 2.78. The molecule has 0 saturated carbocycles. The molecule has 2 aromatic carbocycles. The Balaban J connectivity index is 2.88. The highest BCUT2D eigenvalue weighted by Crippen LogP contribution is 2.35. The van der Waals surface area contributed by atoms with Crippen molar-refractivity contribution in [2.24, 2.45) is 5.16 Å².